The van der Waals surface area contributed by atoms with Crippen LogP contribution in [0.4, 0.5) is 0 Å². The van der Waals surface area contributed by atoms with Gasteiger partial charge in [0.25, 0.3) is 0 Å². The number of methoxy groups -OCH3 is 1. The third-order valence-corrected chi connectivity index (χ3v) is 6.91. The zero-order valence-electron chi connectivity index (χ0n) is 19.6. The third kappa shape index (κ3) is 15.8. The van der Waals surface area contributed by atoms with E-state index in [1.54, 1.807) is 7.11 Å². The maximum absolute atomic E-state index is 12.0. The van der Waals surface area contributed by atoms with E-state index in [1.165, 1.54) is 83.5 Å². The third-order valence-electron chi connectivity index (χ3n) is 5.45. The quantitative estimate of drug-likeness (QED) is 0.132. The van der Waals surface area contributed by atoms with Crippen molar-refractivity contribution in [1.82, 2.24) is 0 Å². The Morgan fingerprint density at radius 3 is 1.73 bits per heavy atom. The molecule has 1 fully saturated rings. The van der Waals surface area contributed by atoms with E-state index in [0.717, 1.165) is 13.0 Å². The highest BCUT2D eigenvalue weighted by molar-refractivity contribution is 7.48. The molecular weight excluding hydrogens is 403 g/mol. The fourth-order valence-electron chi connectivity index (χ4n) is 3.64. The Hall–Kier alpha value is 0.0300. The van der Waals surface area contributed by atoms with Gasteiger partial charge in [-0.2, -0.15) is 0 Å². The molecule has 1 atom stereocenters. The molecule has 0 aromatic heterocycles. The molecule has 0 saturated carbocycles. The van der Waals surface area contributed by atoms with Crippen molar-refractivity contribution in [2.45, 2.75) is 96.8 Å². The summed E-state index contributed by atoms with van der Waals surface area (Å²) >= 11 is 0. The standard InChI is InChI=1S/C23H47O6P/c1-3-4-5-6-7-8-9-10-11-12-13-14-15-16-17-26-21-23(20-25-2)22-29-30(24)27-18-19-28-30/h23H,3-22H2,1-2H3/t23-/m1/s1. The van der Waals surface area contributed by atoms with Crippen molar-refractivity contribution in [3.05, 3.63) is 0 Å². The fourth-order valence-corrected chi connectivity index (χ4v) is 4.85. The largest absolute Gasteiger partial charge is 0.474 e. The molecule has 180 valence electrons. The van der Waals surface area contributed by atoms with Crippen molar-refractivity contribution in [3.63, 3.8) is 0 Å². The van der Waals surface area contributed by atoms with Gasteiger partial charge in [0.2, 0.25) is 0 Å². The summed E-state index contributed by atoms with van der Waals surface area (Å²) in [6.07, 6.45) is 19.0. The molecule has 0 unspecified atom stereocenters. The number of ether oxygens (including phenoxy) is 2. The molecule has 0 spiro atoms. The van der Waals surface area contributed by atoms with Crippen molar-refractivity contribution >= 4 is 7.82 Å². The first-order valence-electron chi connectivity index (χ1n) is 12.3. The summed E-state index contributed by atoms with van der Waals surface area (Å²) in [5.74, 6) is 0.0280. The Bertz CT molecular complexity index is 410. The van der Waals surface area contributed by atoms with Gasteiger partial charge in [-0.3, -0.25) is 13.6 Å². The first kappa shape index (κ1) is 28.1. The van der Waals surface area contributed by atoms with E-state index in [9.17, 15) is 4.57 Å². The average molecular weight is 451 g/mol. The second-order valence-corrected chi connectivity index (χ2v) is 10.1. The Labute approximate surface area is 185 Å². The molecule has 1 heterocycles. The molecule has 1 rings (SSSR count). The zero-order chi connectivity index (χ0) is 21.8. The fraction of sp³-hybridized carbons (Fsp3) is 1.00. The molecule has 0 amide bonds. The summed E-state index contributed by atoms with van der Waals surface area (Å²) in [5.41, 5.74) is 0. The molecule has 6 nitrogen and oxygen atoms in total. The van der Waals surface area contributed by atoms with E-state index >= 15 is 0 Å². The second kappa shape index (κ2) is 19.7. The minimum absolute atomic E-state index is 0.0280. The van der Waals surface area contributed by atoms with Crippen LogP contribution in [0.2, 0.25) is 0 Å². The highest BCUT2D eigenvalue weighted by atomic mass is 31.2. The average Bonchev–Trinajstić information content (AvgIpc) is 3.18. The van der Waals surface area contributed by atoms with Gasteiger partial charge in [-0.25, -0.2) is 4.57 Å². The summed E-state index contributed by atoms with van der Waals surface area (Å²) in [7, 11) is -1.69. The summed E-state index contributed by atoms with van der Waals surface area (Å²) in [4.78, 5) is 0. The molecule has 0 N–H and O–H groups in total. The van der Waals surface area contributed by atoms with E-state index < -0.39 is 7.82 Å². The Morgan fingerprint density at radius 2 is 1.23 bits per heavy atom. The monoisotopic (exact) mass is 450 g/mol. The van der Waals surface area contributed by atoms with E-state index in [0.29, 0.717) is 26.4 Å². The van der Waals surface area contributed by atoms with Gasteiger partial charge in [0, 0.05) is 19.6 Å². The second-order valence-electron chi connectivity index (χ2n) is 8.40. The Kier molecular flexibility index (Phi) is 18.4. The van der Waals surface area contributed by atoms with Crippen LogP contribution in [0.1, 0.15) is 96.8 Å². The van der Waals surface area contributed by atoms with Crippen molar-refractivity contribution in [2.24, 2.45) is 5.92 Å². The normalized spacial score (nSPS) is 16.9. The van der Waals surface area contributed by atoms with Crippen LogP contribution in [-0.4, -0.2) is 46.8 Å². The van der Waals surface area contributed by atoms with Gasteiger partial charge in [0.05, 0.1) is 33.0 Å². The Morgan fingerprint density at radius 1 is 0.733 bits per heavy atom. The summed E-state index contributed by atoms with van der Waals surface area (Å²) in [6, 6.07) is 0. The molecule has 0 aromatic rings. The molecular formula is C23H47O6P. The predicted molar refractivity (Wildman–Crippen MR) is 122 cm³/mol. The molecule has 1 saturated heterocycles. The van der Waals surface area contributed by atoms with Crippen LogP contribution in [0, 0.1) is 5.92 Å². The van der Waals surface area contributed by atoms with Gasteiger partial charge in [-0.1, -0.05) is 90.4 Å². The molecule has 0 bridgehead atoms. The van der Waals surface area contributed by atoms with Crippen LogP contribution >= 0.6 is 7.82 Å². The van der Waals surface area contributed by atoms with Crippen molar-refractivity contribution in [1.29, 1.82) is 0 Å². The first-order valence-corrected chi connectivity index (χ1v) is 13.8. The lowest BCUT2D eigenvalue weighted by molar-refractivity contribution is 0.0287. The van der Waals surface area contributed by atoms with Crippen LogP contribution < -0.4 is 0 Å². The maximum Gasteiger partial charge on any atom is 0.474 e. The van der Waals surface area contributed by atoms with Crippen LogP contribution in [0.25, 0.3) is 0 Å². The smallest absolute Gasteiger partial charge is 0.384 e. The van der Waals surface area contributed by atoms with Crippen molar-refractivity contribution < 1.29 is 27.6 Å². The number of hydrogen-bond acceptors (Lipinski definition) is 6. The number of rotatable bonds is 22. The minimum Gasteiger partial charge on any atom is -0.384 e. The van der Waals surface area contributed by atoms with Gasteiger partial charge in [0.15, 0.2) is 0 Å². The maximum atomic E-state index is 12.0. The number of hydrogen-bond donors (Lipinski definition) is 0. The molecule has 1 aliphatic heterocycles. The highest BCUT2D eigenvalue weighted by Gasteiger charge is 2.32. The summed E-state index contributed by atoms with van der Waals surface area (Å²) < 4.78 is 38.4. The van der Waals surface area contributed by atoms with Gasteiger partial charge in [-0.05, 0) is 6.42 Å². The van der Waals surface area contributed by atoms with E-state index in [2.05, 4.69) is 6.92 Å². The molecule has 0 aromatic carbocycles. The Balaban J connectivity index is 1.85. The molecule has 7 heteroatoms. The number of unbranched alkanes of at least 4 members (excludes halogenated alkanes) is 13. The van der Waals surface area contributed by atoms with Gasteiger partial charge >= 0.3 is 7.82 Å². The van der Waals surface area contributed by atoms with Gasteiger partial charge in [-0.15, -0.1) is 0 Å². The van der Waals surface area contributed by atoms with Crippen LogP contribution in [0.5, 0.6) is 0 Å². The number of phosphoric ester groups is 1. The summed E-state index contributed by atoms with van der Waals surface area (Å²) in [6.45, 7) is 4.96. The molecule has 0 radical (unpaired) electrons. The predicted octanol–water partition coefficient (Wildman–Crippen LogP) is 6.92. The SMILES string of the molecule is CCCCCCCCCCCCCCCCOC[C@@H](COC)COP1(=O)OCCO1. The van der Waals surface area contributed by atoms with Gasteiger partial charge < -0.3 is 9.47 Å². The van der Waals surface area contributed by atoms with E-state index in [-0.39, 0.29) is 12.5 Å². The lowest BCUT2D eigenvalue weighted by atomic mass is 10.0. The van der Waals surface area contributed by atoms with Gasteiger partial charge in [0.1, 0.15) is 0 Å². The number of phosphoric acid groups is 1. The summed E-state index contributed by atoms with van der Waals surface area (Å²) in [5, 5.41) is 0. The highest BCUT2D eigenvalue weighted by Crippen LogP contribution is 2.52. The van der Waals surface area contributed by atoms with Crippen molar-refractivity contribution in [3.8, 4) is 0 Å². The van der Waals surface area contributed by atoms with E-state index in [1.807, 2.05) is 0 Å². The van der Waals surface area contributed by atoms with Crippen LogP contribution in [0.15, 0.2) is 0 Å². The molecule has 30 heavy (non-hydrogen) atoms. The lowest BCUT2D eigenvalue weighted by Crippen LogP contribution is -2.21. The lowest BCUT2D eigenvalue weighted by Gasteiger charge is -2.18. The van der Waals surface area contributed by atoms with Crippen molar-refractivity contribution in [2.75, 3.05) is 46.8 Å². The zero-order valence-corrected chi connectivity index (χ0v) is 20.5. The topological polar surface area (TPSA) is 63.2 Å². The first-order chi connectivity index (χ1) is 14.7. The molecule has 0 aliphatic carbocycles. The van der Waals surface area contributed by atoms with Crippen LogP contribution in [0.3, 0.4) is 0 Å². The minimum atomic E-state index is -3.33. The molecule has 1 aliphatic rings. The van der Waals surface area contributed by atoms with Crippen LogP contribution in [-0.2, 0) is 27.6 Å². The van der Waals surface area contributed by atoms with E-state index in [4.69, 9.17) is 23.0 Å².